The van der Waals surface area contributed by atoms with Gasteiger partial charge < -0.3 is 19.3 Å². The van der Waals surface area contributed by atoms with Crippen molar-refractivity contribution in [3.8, 4) is 0 Å². The minimum Gasteiger partial charge on any atom is -0.453 e. The third-order valence-corrected chi connectivity index (χ3v) is 6.80. The maximum absolute atomic E-state index is 13.5. The molecule has 1 aliphatic rings. The van der Waals surface area contributed by atoms with Crippen LogP contribution in [0.2, 0.25) is 0 Å². The number of aromatic nitrogens is 2. The lowest BCUT2D eigenvalue weighted by Crippen LogP contribution is -2.58. The van der Waals surface area contributed by atoms with Crippen molar-refractivity contribution in [2.24, 2.45) is 0 Å². The summed E-state index contributed by atoms with van der Waals surface area (Å²) in [6.07, 6.45) is -8.87. The topological polar surface area (TPSA) is 87.8 Å². The summed E-state index contributed by atoms with van der Waals surface area (Å²) in [5.41, 5.74) is -3.48. The number of alkyl halides is 6. The summed E-state index contributed by atoms with van der Waals surface area (Å²) in [5.74, 6) is 0. The Bertz CT molecular complexity index is 1160. The van der Waals surface area contributed by atoms with Gasteiger partial charge in [-0.25, -0.2) is 9.59 Å². The second-order valence-corrected chi connectivity index (χ2v) is 11.0. The first-order chi connectivity index (χ1) is 18.9. The molecule has 0 saturated carbocycles. The molecule has 0 unspecified atom stereocenters. The van der Waals surface area contributed by atoms with E-state index in [1.807, 2.05) is 6.92 Å². The molecule has 2 amide bonds. The second-order valence-electron chi connectivity index (χ2n) is 11.0. The number of H-pyrrole nitrogens is 1. The van der Waals surface area contributed by atoms with Crippen LogP contribution in [0.4, 0.5) is 35.9 Å². The van der Waals surface area contributed by atoms with Crippen LogP contribution in [0, 0.1) is 0 Å². The van der Waals surface area contributed by atoms with Crippen LogP contribution < -0.4 is 0 Å². The van der Waals surface area contributed by atoms with Crippen LogP contribution in [-0.4, -0.2) is 63.0 Å². The first-order valence-electron chi connectivity index (χ1n) is 13.1. The number of amides is 2. The number of carbonyl (C=O) groups excluding carboxylic acids is 2. The molecule has 2 heterocycles. The summed E-state index contributed by atoms with van der Waals surface area (Å²) in [7, 11) is 1.08. The molecular formula is C27H34F6N4O4. The predicted molar refractivity (Wildman–Crippen MR) is 136 cm³/mol. The third kappa shape index (κ3) is 8.29. The van der Waals surface area contributed by atoms with Crippen LogP contribution in [-0.2, 0) is 34.8 Å². The molecule has 0 radical (unpaired) electrons. The number of hydrogen-bond donors (Lipinski definition) is 1. The molecular weight excluding hydrogens is 558 g/mol. The van der Waals surface area contributed by atoms with Gasteiger partial charge in [-0.05, 0) is 69.9 Å². The standard InChI is InChI=1S/C27H34F6N4O4/c1-6-20-13-21(14-22(12-19-7-8-34-35-19)37(20)24(39)41-25(2,3)4)36(23(38)40-5)15-16-9-17(26(28,29)30)11-18(10-16)27(31,32)33/h7-11,20-22H,6,12-15H2,1-5H3,(H,34,35)/t20-,21+,22+/m1/s1. The zero-order valence-electron chi connectivity index (χ0n) is 23.4. The van der Waals surface area contributed by atoms with Gasteiger partial charge in [0.25, 0.3) is 0 Å². The van der Waals surface area contributed by atoms with Gasteiger partial charge in [-0.2, -0.15) is 31.4 Å². The number of nitrogens with zero attached hydrogens (tertiary/aromatic N) is 3. The van der Waals surface area contributed by atoms with E-state index >= 15 is 0 Å². The van der Waals surface area contributed by atoms with E-state index in [-0.39, 0.29) is 30.9 Å². The minimum absolute atomic E-state index is 0.0400. The van der Waals surface area contributed by atoms with E-state index < -0.39 is 65.9 Å². The molecule has 0 aliphatic carbocycles. The van der Waals surface area contributed by atoms with Gasteiger partial charge in [0.15, 0.2) is 0 Å². The fraction of sp³-hybridized carbons (Fsp3) is 0.593. The number of methoxy groups -OCH3 is 1. The molecule has 1 aromatic carbocycles. The quantitative estimate of drug-likeness (QED) is 0.373. The van der Waals surface area contributed by atoms with Gasteiger partial charge in [-0.1, -0.05) is 6.92 Å². The summed E-state index contributed by atoms with van der Waals surface area (Å²) >= 11 is 0. The Morgan fingerprint density at radius 3 is 2.07 bits per heavy atom. The van der Waals surface area contributed by atoms with Crippen LogP contribution in [0.15, 0.2) is 30.5 Å². The van der Waals surface area contributed by atoms with Crippen molar-refractivity contribution in [3.05, 3.63) is 52.8 Å². The van der Waals surface area contributed by atoms with E-state index in [4.69, 9.17) is 9.47 Å². The van der Waals surface area contributed by atoms with Crippen molar-refractivity contribution in [2.75, 3.05) is 7.11 Å². The molecule has 1 aromatic heterocycles. The molecule has 1 saturated heterocycles. The van der Waals surface area contributed by atoms with Crippen LogP contribution >= 0.6 is 0 Å². The minimum atomic E-state index is -5.03. The molecule has 3 atom stereocenters. The van der Waals surface area contributed by atoms with Crippen LogP contribution in [0.1, 0.15) is 69.3 Å². The Balaban J connectivity index is 2.01. The number of ether oxygens (including phenoxy) is 2. The zero-order chi connectivity index (χ0) is 30.8. The molecule has 3 rings (SSSR count). The fourth-order valence-electron chi connectivity index (χ4n) is 5.08. The number of likely N-dealkylation sites (tertiary alicyclic amines) is 1. The maximum Gasteiger partial charge on any atom is 0.416 e. The van der Waals surface area contributed by atoms with Crippen molar-refractivity contribution < 1.29 is 45.4 Å². The molecule has 228 valence electrons. The van der Waals surface area contributed by atoms with Crippen molar-refractivity contribution in [3.63, 3.8) is 0 Å². The number of aromatic amines is 1. The molecule has 1 aliphatic heterocycles. The number of piperidine rings is 1. The summed E-state index contributed by atoms with van der Waals surface area (Å²) in [5, 5.41) is 6.86. The number of carbonyl (C=O) groups is 2. The van der Waals surface area contributed by atoms with Crippen LogP contribution in [0.25, 0.3) is 0 Å². The lowest BCUT2D eigenvalue weighted by atomic mass is 9.87. The normalized spacial score (nSPS) is 20.1. The van der Waals surface area contributed by atoms with E-state index in [2.05, 4.69) is 10.2 Å². The van der Waals surface area contributed by atoms with Crippen molar-refractivity contribution in [2.45, 2.75) is 96.0 Å². The molecule has 14 heteroatoms. The number of benzene rings is 1. The molecule has 0 spiro atoms. The molecule has 0 bridgehead atoms. The van der Waals surface area contributed by atoms with Gasteiger partial charge in [-0.3, -0.25) is 5.10 Å². The van der Waals surface area contributed by atoms with Crippen molar-refractivity contribution in [1.82, 2.24) is 20.0 Å². The molecule has 2 aromatic rings. The Morgan fingerprint density at radius 1 is 1.02 bits per heavy atom. The van der Waals surface area contributed by atoms with E-state index in [1.54, 1.807) is 37.9 Å². The van der Waals surface area contributed by atoms with Gasteiger partial charge in [0.1, 0.15) is 5.60 Å². The number of rotatable bonds is 6. The van der Waals surface area contributed by atoms with E-state index in [9.17, 15) is 35.9 Å². The summed E-state index contributed by atoms with van der Waals surface area (Å²) in [4.78, 5) is 29.0. The molecule has 8 nitrogen and oxygen atoms in total. The van der Waals surface area contributed by atoms with Gasteiger partial charge in [0.2, 0.25) is 0 Å². The number of hydrogen-bond acceptors (Lipinski definition) is 5. The summed E-state index contributed by atoms with van der Waals surface area (Å²) in [6, 6.07) is 1.27. The molecule has 1 fully saturated rings. The monoisotopic (exact) mass is 592 g/mol. The number of nitrogens with one attached hydrogen (secondary N) is 1. The average molecular weight is 593 g/mol. The predicted octanol–water partition coefficient (Wildman–Crippen LogP) is 6.81. The smallest absolute Gasteiger partial charge is 0.416 e. The van der Waals surface area contributed by atoms with Crippen molar-refractivity contribution in [1.29, 1.82) is 0 Å². The van der Waals surface area contributed by atoms with Crippen LogP contribution in [0.5, 0.6) is 0 Å². The van der Waals surface area contributed by atoms with Crippen LogP contribution in [0.3, 0.4) is 0 Å². The SMILES string of the molecule is CC[C@@H]1C[C@H](N(Cc2cc(C(F)(F)F)cc(C(F)(F)F)c2)C(=O)OC)C[C@H](Cc2cc[nH]n2)N1C(=O)OC(C)(C)C. The second kappa shape index (κ2) is 12.2. The highest BCUT2D eigenvalue weighted by Gasteiger charge is 2.43. The van der Waals surface area contributed by atoms with E-state index in [0.717, 1.165) is 12.0 Å². The lowest BCUT2D eigenvalue weighted by molar-refractivity contribution is -0.143. The Hall–Kier alpha value is -3.45. The van der Waals surface area contributed by atoms with Gasteiger partial charge in [0.05, 0.1) is 23.9 Å². The summed E-state index contributed by atoms with van der Waals surface area (Å²) < 4.78 is 91.5. The highest BCUT2D eigenvalue weighted by atomic mass is 19.4. The Morgan fingerprint density at radius 2 is 1.61 bits per heavy atom. The summed E-state index contributed by atoms with van der Waals surface area (Å²) in [6.45, 7) is 6.45. The Labute approximate surface area is 234 Å². The van der Waals surface area contributed by atoms with Crippen molar-refractivity contribution >= 4 is 12.2 Å². The number of halogens is 6. The molecule has 41 heavy (non-hydrogen) atoms. The van der Waals surface area contributed by atoms with Gasteiger partial charge in [-0.15, -0.1) is 0 Å². The fourth-order valence-corrected chi connectivity index (χ4v) is 5.08. The largest absolute Gasteiger partial charge is 0.453 e. The van der Waals surface area contributed by atoms with Gasteiger partial charge >= 0.3 is 24.5 Å². The first-order valence-corrected chi connectivity index (χ1v) is 13.1. The highest BCUT2D eigenvalue weighted by Crippen LogP contribution is 2.38. The average Bonchev–Trinajstić information content (AvgIpc) is 3.37. The van der Waals surface area contributed by atoms with E-state index in [0.29, 0.717) is 24.2 Å². The Kier molecular flexibility index (Phi) is 9.54. The van der Waals surface area contributed by atoms with E-state index in [1.165, 1.54) is 0 Å². The maximum atomic E-state index is 13.5. The lowest BCUT2D eigenvalue weighted by Gasteiger charge is -2.47. The third-order valence-electron chi connectivity index (χ3n) is 6.80. The highest BCUT2D eigenvalue weighted by molar-refractivity contribution is 5.70. The van der Waals surface area contributed by atoms with Gasteiger partial charge in [0, 0.05) is 37.3 Å². The first kappa shape index (κ1) is 32.1. The molecule has 1 N–H and O–H groups in total. The zero-order valence-corrected chi connectivity index (χ0v) is 23.4.